The van der Waals surface area contributed by atoms with Gasteiger partial charge in [0.25, 0.3) is 0 Å². The first-order valence-corrected chi connectivity index (χ1v) is 9.55. The molecule has 0 unspecified atom stereocenters. The molecular weight excluding hydrogens is 332 g/mol. The highest BCUT2D eigenvalue weighted by Crippen LogP contribution is 2.17. The molecule has 0 aliphatic carbocycles. The highest BCUT2D eigenvalue weighted by molar-refractivity contribution is 7.11. The summed E-state index contributed by atoms with van der Waals surface area (Å²) in [6.07, 6.45) is 0.911. The number of ether oxygens (including phenoxy) is 1. The summed E-state index contributed by atoms with van der Waals surface area (Å²) in [5.41, 5.74) is 2.26. The number of rotatable bonds is 8. The van der Waals surface area contributed by atoms with Crippen molar-refractivity contribution in [2.75, 3.05) is 19.7 Å². The smallest absolute Gasteiger partial charge is 0.191 e. The van der Waals surface area contributed by atoms with Crippen LogP contribution >= 0.6 is 11.3 Å². The molecule has 0 aliphatic heterocycles. The number of hydrogen-bond acceptors (Lipinski definition) is 4. The molecule has 0 aliphatic rings. The molecule has 0 spiro atoms. The van der Waals surface area contributed by atoms with Crippen LogP contribution in [0.1, 0.15) is 34.5 Å². The van der Waals surface area contributed by atoms with Crippen molar-refractivity contribution in [1.29, 1.82) is 0 Å². The first-order chi connectivity index (χ1) is 12.1. The Balaban J connectivity index is 1.75. The summed E-state index contributed by atoms with van der Waals surface area (Å²) in [6, 6.07) is 8.09. The van der Waals surface area contributed by atoms with Gasteiger partial charge >= 0.3 is 0 Å². The third-order valence-electron chi connectivity index (χ3n) is 3.75. The van der Waals surface area contributed by atoms with Gasteiger partial charge in [-0.2, -0.15) is 0 Å². The lowest BCUT2D eigenvalue weighted by atomic mass is 10.2. The van der Waals surface area contributed by atoms with Crippen molar-refractivity contribution in [2.45, 2.75) is 40.7 Å². The van der Waals surface area contributed by atoms with E-state index in [1.54, 1.807) is 11.3 Å². The fraction of sp³-hybridized carbons (Fsp3) is 0.474. The lowest BCUT2D eigenvalue weighted by Gasteiger charge is -2.12. The van der Waals surface area contributed by atoms with Crippen molar-refractivity contribution >= 4 is 17.3 Å². The van der Waals surface area contributed by atoms with E-state index in [1.807, 2.05) is 25.1 Å². The lowest BCUT2D eigenvalue weighted by Crippen LogP contribution is -2.38. The van der Waals surface area contributed by atoms with E-state index in [-0.39, 0.29) is 0 Å². The normalized spacial score (nSPS) is 11.4. The molecule has 0 atom stereocenters. The number of hydrogen-bond donors (Lipinski definition) is 2. The van der Waals surface area contributed by atoms with Gasteiger partial charge in [-0.05, 0) is 45.7 Å². The van der Waals surface area contributed by atoms with Gasteiger partial charge in [0.1, 0.15) is 10.8 Å². The average Bonchev–Trinajstić information content (AvgIpc) is 2.92. The topological polar surface area (TPSA) is 58.5 Å². The number of thiazole rings is 1. The Morgan fingerprint density at radius 1 is 1.20 bits per heavy atom. The van der Waals surface area contributed by atoms with Crippen molar-refractivity contribution in [3.63, 3.8) is 0 Å². The molecule has 0 bridgehead atoms. The minimum Gasteiger partial charge on any atom is -0.493 e. The van der Waals surface area contributed by atoms with Crippen LogP contribution in [0.3, 0.4) is 0 Å². The molecule has 0 fully saturated rings. The SMILES string of the molecule is CCNC(=NCc1nc(C)c(C)s1)NCCCOc1ccccc1C. The van der Waals surface area contributed by atoms with Crippen LogP contribution in [-0.4, -0.2) is 30.6 Å². The van der Waals surface area contributed by atoms with Gasteiger partial charge < -0.3 is 15.4 Å². The van der Waals surface area contributed by atoms with E-state index in [9.17, 15) is 0 Å². The van der Waals surface area contributed by atoms with Crippen molar-refractivity contribution in [3.8, 4) is 5.75 Å². The van der Waals surface area contributed by atoms with Gasteiger partial charge in [0.15, 0.2) is 5.96 Å². The maximum atomic E-state index is 5.82. The van der Waals surface area contributed by atoms with E-state index in [4.69, 9.17) is 4.74 Å². The summed E-state index contributed by atoms with van der Waals surface area (Å²) < 4.78 is 5.82. The predicted molar refractivity (Wildman–Crippen MR) is 106 cm³/mol. The van der Waals surface area contributed by atoms with Crippen LogP contribution in [0.4, 0.5) is 0 Å². The maximum absolute atomic E-state index is 5.82. The second-order valence-corrected chi connectivity index (χ2v) is 7.13. The zero-order valence-corrected chi connectivity index (χ0v) is 16.4. The van der Waals surface area contributed by atoms with Crippen molar-refractivity contribution < 1.29 is 4.74 Å². The summed E-state index contributed by atoms with van der Waals surface area (Å²) in [7, 11) is 0. The van der Waals surface area contributed by atoms with Crippen LogP contribution in [0, 0.1) is 20.8 Å². The summed E-state index contributed by atoms with van der Waals surface area (Å²) in [6.45, 7) is 11.2. The van der Waals surface area contributed by atoms with Crippen LogP contribution in [-0.2, 0) is 6.54 Å². The number of aromatic nitrogens is 1. The number of aliphatic imine (C=N–C) groups is 1. The Labute approximate surface area is 154 Å². The number of nitrogens with one attached hydrogen (secondary N) is 2. The summed E-state index contributed by atoms with van der Waals surface area (Å²) in [5, 5.41) is 7.67. The third kappa shape index (κ3) is 6.38. The van der Waals surface area contributed by atoms with Crippen LogP contribution in [0.5, 0.6) is 5.75 Å². The second kappa shape index (κ2) is 10.0. The molecule has 136 valence electrons. The number of aryl methyl sites for hydroxylation is 3. The van der Waals surface area contributed by atoms with Crippen LogP contribution < -0.4 is 15.4 Å². The molecule has 1 aromatic carbocycles. The Hall–Kier alpha value is -2.08. The fourth-order valence-electron chi connectivity index (χ4n) is 2.27. The van der Waals surface area contributed by atoms with E-state index >= 15 is 0 Å². The molecule has 0 saturated heterocycles. The molecule has 0 radical (unpaired) electrons. The van der Waals surface area contributed by atoms with E-state index in [0.29, 0.717) is 13.2 Å². The Bertz CT molecular complexity index is 677. The molecule has 2 aromatic rings. The van der Waals surface area contributed by atoms with Gasteiger partial charge in [-0.3, -0.25) is 0 Å². The molecule has 5 nitrogen and oxygen atoms in total. The highest BCUT2D eigenvalue weighted by Gasteiger charge is 2.04. The van der Waals surface area contributed by atoms with E-state index in [2.05, 4.69) is 47.4 Å². The molecule has 2 N–H and O–H groups in total. The van der Waals surface area contributed by atoms with E-state index in [0.717, 1.165) is 41.9 Å². The largest absolute Gasteiger partial charge is 0.493 e. The standard InChI is InChI=1S/C19H28N4OS/c1-5-20-19(22-13-18-23-15(3)16(4)25-18)21-11-8-12-24-17-10-7-6-9-14(17)2/h6-7,9-10H,5,8,11-13H2,1-4H3,(H2,20,21,22). The first kappa shape index (κ1) is 19.2. The van der Waals surface area contributed by atoms with Gasteiger partial charge in [-0.1, -0.05) is 18.2 Å². The van der Waals surface area contributed by atoms with Crippen LogP contribution in [0.15, 0.2) is 29.3 Å². The third-order valence-corrected chi connectivity index (χ3v) is 4.81. The Kier molecular flexibility index (Phi) is 7.73. The molecule has 0 amide bonds. The monoisotopic (exact) mass is 360 g/mol. The summed E-state index contributed by atoms with van der Waals surface area (Å²) >= 11 is 1.71. The number of benzene rings is 1. The van der Waals surface area contributed by atoms with Crippen LogP contribution in [0.25, 0.3) is 0 Å². The van der Waals surface area contributed by atoms with Gasteiger partial charge in [-0.25, -0.2) is 9.98 Å². The van der Waals surface area contributed by atoms with E-state index in [1.165, 1.54) is 10.4 Å². The fourth-order valence-corrected chi connectivity index (χ4v) is 3.13. The summed E-state index contributed by atoms with van der Waals surface area (Å²) in [4.78, 5) is 10.4. The minimum absolute atomic E-state index is 0.606. The quantitative estimate of drug-likeness (QED) is 0.429. The lowest BCUT2D eigenvalue weighted by molar-refractivity contribution is 0.309. The number of nitrogens with zero attached hydrogens (tertiary/aromatic N) is 2. The van der Waals surface area contributed by atoms with Gasteiger partial charge in [-0.15, -0.1) is 11.3 Å². The summed E-state index contributed by atoms with van der Waals surface area (Å²) in [5.74, 6) is 1.78. The minimum atomic E-state index is 0.606. The van der Waals surface area contributed by atoms with Gasteiger partial charge in [0.2, 0.25) is 0 Å². The molecule has 1 heterocycles. The Morgan fingerprint density at radius 3 is 2.68 bits per heavy atom. The Morgan fingerprint density at radius 2 is 2.00 bits per heavy atom. The second-order valence-electron chi connectivity index (χ2n) is 5.84. The molecule has 25 heavy (non-hydrogen) atoms. The molecule has 0 saturated carbocycles. The van der Waals surface area contributed by atoms with Crippen molar-refractivity contribution in [2.24, 2.45) is 4.99 Å². The van der Waals surface area contributed by atoms with Crippen LogP contribution in [0.2, 0.25) is 0 Å². The van der Waals surface area contributed by atoms with E-state index < -0.39 is 0 Å². The van der Waals surface area contributed by atoms with Gasteiger partial charge in [0.05, 0.1) is 18.8 Å². The zero-order chi connectivity index (χ0) is 18.1. The van der Waals surface area contributed by atoms with Gasteiger partial charge in [0, 0.05) is 18.0 Å². The molecule has 1 aromatic heterocycles. The number of para-hydroxylation sites is 1. The first-order valence-electron chi connectivity index (χ1n) is 8.73. The predicted octanol–water partition coefficient (Wildman–Crippen LogP) is 3.59. The average molecular weight is 361 g/mol. The molecular formula is C19H28N4OS. The molecule has 2 rings (SSSR count). The maximum Gasteiger partial charge on any atom is 0.191 e. The van der Waals surface area contributed by atoms with Crippen molar-refractivity contribution in [3.05, 3.63) is 45.4 Å². The highest BCUT2D eigenvalue weighted by atomic mass is 32.1. The molecule has 6 heteroatoms. The van der Waals surface area contributed by atoms with Crippen molar-refractivity contribution in [1.82, 2.24) is 15.6 Å². The number of guanidine groups is 1. The zero-order valence-electron chi connectivity index (χ0n) is 15.6.